The van der Waals surface area contributed by atoms with Crippen molar-refractivity contribution < 1.29 is 5.21 Å². The number of hydrogen-bond acceptors (Lipinski definition) is 3. The summed E-state index contributed by atoms with van der Waals surface area (Å²) in [6, 6.07) is 9.74. The lowest BCUT2D eigenvalue weighted by Crippen LogP contribution is -1.98. The van der Waals surface area contributed by atoms with Gasteiger partial charge < -0.3 is 5.21 Å². The number of fused-ring (bicyclic) bond motifs is 1. The third kappa shape index (κ3) is 1.81. The van der Waals surface area contributed by atoms with Gasteiger partial charge in [0.2, 0.25) is 0 Å². The maximum absolute atomic E-state index is 8.82. The Kier molecular flexibility index (Phi) is 2.63. The van der Waals surface area contributed by atoms with E-state index in [0.717, 1.165) is 16.5 Å². The molecular weight excluding hydrogens is 188 g/mol. The molecular formula is C12H12N2O. The first-order valence-corrected chi connectivity index (χ1v) is 4.91. The molecule has 0 bridgehead atoms. The van der Waals surface area contributed by atoms with Crippen molar-refractivity contribution in [1.29, 1.82) is 0 Å². The molecule has 1 heterocycles. The molecule has 0 unspecified atom stereocenters. The van der Waals surface area contributed by atoms with Gasteiger partial charge in [0.15, 0.2) is 0 Å². The van der Waals surface area contributed by atoms with Crippen LogP contribution >= 0.6 is 0 Å². The normalized spacial score (nSPS) is 11.9. The minimum absolute atomic E-state index is 0.695. The van der Waals surface area contributed by atoms with Gasteiger partial charge >= 0.3 is 0 Å². The van der Waals surface area contributed by atoms with Gasteiger partial charge in [-0.15, -0.1) is 0 Å². The highest BCUT2D eigenvalue weighted by Gasteiger charge is 2.02. The molecule has 0 aliphatic rings. The topological polar surface area (TPSA) is 45.5 Å². The van der Waals surface area contributed by atoms with E-state index < -0.39 is 0 Å². The second-order valence-electron chi connectivity index (χ2n) is 3.31. The van der Waals surface area contributed by atoms with Gasteiger partial charge in [0.1, 0.15) is 0 Å². The zero-order valence-electron chi connectivity index (χ0n) is 8.51. The Hall–Kier alpha value is -1.90. The molecule has 0 saturated heterocycles. The van der Waals surface area contributed by atoms with Gasteiger partial charge in [-0.3, -0.25) is 4.98 Å². The van der Waals surface area contributed by atoms with Crippen molar-refractivity contribution in [2.24, 2.45) is 5.16 Å². The van der Waals surface area contributed by atoms with E-state index in [4.69, 9.17) is 5.21 Å². The van der Waals surface area contributed by atoms with Crippen molar-refractivity contribution in [1.82, 2.24) is 4.98 Å². The molecule has 2 aromatic rings. The molecule has 3 heteroatoms. The number of benzene rings is 1. The van der Waals surface area contributed by atoms with Crippen molar-refractivity contribution in [3.8, 4) is 0 Å². The van der Waals surface area contributed by atoms with Crippen LogP contribution in [0.2, 0.25) is 0 Å². The van der Waals surface area contributed by atoms with E-state index in [-0.39, 0.29) is 0 Å². The Morgan fingerprint density at radius 2 is 2.27 bits per heavy atom. The minimum Gasteiger partial charge on any atom is -0.411 e. The monoisotopic (exact) mass is 200 g/mol. The molecule has 0 saturated carbocycles. The summed E-state index contributed by atoms with van der Waals surface area (Å²) in [7, 11) is 0. The van der Waals surface area contributed by atoms with Crippen LogP contribution in [0.15, 0.2) is 41.7 Å². The molecule has 15 heavy (non-hydrogen) atoms. The fourth-order valence-electron chi connectivity index (χ4n) is 1.59. The van der Waals surface area contributed by atoms with Crippen LogP contribution in [0, 0.1) is 0 Å². The number of aromatic nitrogens is 1. The third-order valence-corrected chi connectivity index (χ3v) is 2.39. The molecule has 0 amide bonds. The smallest absolute Gasteiger partial charge is 0.0865 e. The van der Waals surface area contributed by atoms with Gasteiger partial charge in [-0.25, -0.2) is 0 Å². The predicted molar refractivity (Wildman–Crippen MR) is 60.4 cm³/mol. The van der Waals surface area contributed by atoms with Crippen molar-refractivity contribution in [3.63, 3.8) is 0 Å². The summed E-state index contributed by atoms with van der Waals surface area (Å²) in [5, 5.41) is 13.2. The van der Waals surface area contributed by atoms with Crippen LogP contribution in [0.1, 0.15) is 18.9 Å². The van der Waals surface area contributed by atoms with Crippen LogP contribution in [0.25, 0.3) is 10.9 Å². The second kappa shape index (κ2) is 4.09. The Morgan fingerprint density at radius 1 is 1.40 bits per heavy atom. The highest BCUT2D eigenvalue weighted by molar-refractivity contribution is 6.02. The lowest BCUT2D eigenvalue weighted by molar-refractivity contribution is 0.318. The van der Waals surface area contributed by atoms with E-state index in [1.807, 2.05) is 37.3 Å². The van der Waals surface area contributed by atoms with E-state index in [2.05, 4.69) is 10.1 Å². The molecule has 1 aromatic heterocycles. The SMILES string of the molecule is CC/C(=N/O)c1ccc2ncccc2c1. The highest BCUT2D eigenvalue weighted by atomic mass is 16.4. The third-order valence-electron chi connectivity index (χ3n) is 2.39. The molecule has 76 valence electrons. The van der Waals surface area contributed by atoms with Crippen LogP contribution < -0.4 is 0 Å². The largest absolute Gasteiger partial charge is 0.411 e. The van der Waals surface area contributed by atoms with E-state index in [9.17, 15) is 0 Å². The van der Waals surface area contributed by atoms with Crippen LogP contribution in [-0.4, -0.2) is 15.9 Å². The van der Waals surface area contributed by atoms with Crippen molar-refractivity contribution in [3.05, 3.63) is 42.1 Å². The van der Waals surface area contributed by atoms with E-state index >= 15 is 0 Å². The van der Waals surface area contributed by atoms with Crippen LogP contribution in [0.3, 0.4) is 0 Å². The molecule has 0 radical (unpaired) electrons. The number of oxime groups is 1. The fourth-order valence-corrected chi connectivity index (χ4v) is 1.59. The maximum atomic E-state index is 8.82. The summed E-state index contributed by atoms with van der Waals surface area (Å²) in [4.78, 5) is 4.23. The van der Waals surface area contributed by atoms with E-state index in [1.165, 1.54) is 0 Å². The Morgan fingerprint density at radius 3 is 3.00 bits per heavy atom. The van der Waals surface area contributed by atoms with Crippen LogP contribution in [0.5, 0.6) is 0 Å². The van der Waals surface area contributed by atoms with Gasteiger partial charge in [0, 0.05) is 17.1 Å². The number of hydrogen-bond donors (Lipinski definition) is 1. The average molecular weight is 200 g/mol. The van der Waals surface area contributed by atoms with Crippen molar-refractivity contribution in [2.45, 2.75) is 13.3 Å². The summed E-state index contributed by atoms with van der Waals surface area (Å²) in [5.41, 5.74) is 2.59. The summed E-state index contributed by atoms with van der Waals surface area (Å²) < 4.78 is 0. The first-order valence-electron chi connectivity index (χ1n) is 4.91. The molecule has 3 nitrogen and oxygen atoms in total. The van der Waals surface area contributed by atoms with Gasteiger partial charge in [0.05, 0.1) is 11.2 Å². The molecule has 2 rings (SSSR count). The van der Waals surface area contributed by atoms with Crippen molar-refractivity contribution >= 4 is 16.6 Å². The molecule has 1 aromatic carbocycles. The molecule has 0 aliphatic heterocycles. The van der Waals surface area contributed by atoms with Crippen LogP contribution in [-0.2, 0) is 0 Å². The maximum Gasteiger partial charge on any atom is 0.0865 e. The summed E-state index contributed by atoms with van der Waals surface area (Å²) in [5.74, 6) is 0. The highest BCUT2D eigenvalue weighted by Crippen LogP contribution is 2.14. The van der Waals surface area contributed by atoms with E-state index in [0.29, 0.717) is 12.1 Å². The summed E-state index contributed by atoms with van der Waals surface area (Å²) in [6.45, 7) is 1.96. The molecule has 0 fully saturated rings. The summed E-state index contributed by atoms with van der Waals surface area (Å²) >= 11 is 0. The van der Waals surface area contributed by atoms with Crippen molar-refractivity contribution in [2.75, 3.05) is 0 Å². The Bertz CT molecular complexity index is 506. The first-order chi connectivity index (χ1) is 7.35. The minimum atomic E-state index is 0.695. The lowest BCUT2D eigenvalue weighted by Gasteiger charge is -2.02. The Labute approximate surface area is 88.1 Å². The predicted octanol–water partition coefficient (Wildman–Crippen LogP) is 2.82. The second-order valence-corrected chi connectivity index (χ2v) is 3.31. The number of nitrogens with zero attached hydrogens (tertiary/aromatic N) is 2. The average Bonchev–Trinajstić information content (AvgIpc) is 2.30. The zero-order valence-corrected chi connectivity index (χ0v) is 8.51. The standard InChI is InChI=1S/C12H12N2O/c1-2-11(14-15)10-5-6-12-9(8-10)4-3-7-13-12/h3-8,15H,2H2,1H3/b14-11-. The lowest BCUT2D eigenvalue weighted by atomic mass is 10.1. The van der Waals surface area contributed by atoms with Gasteiger partial charge in [-0.2, -0.15) is 0 Å². The Balaban J connectivity index is 2.56. The molecule has 1 N–H and O–H groups in total. The van der Waals surface area contributed by atoms with Gasteiger partial charge in [-0.1, -0.05) is 24.2 Å². The quantitative estimate of drug-likeness (QED) is 0.460. The number of rotatable bonds is 2. The van der Waals surface area contributed by atoms with Gasteiger partial charge in [0.25, 0.3) is 0 Å². The van der Waals surface area contributed by atoms with Gasteiger partial charge in [-0.05, 0) is 24.6 Å². The first kappa shape index (κ1) is 9.65. The number of pyridine rings is 1. The van der Waals surface area contributed by atoms with Crippen LogP contribution in [0.4, 0.5) is 0 Å². The summed E-state index contributed by atoms with van der Waals surface area (Å²) in [6.07, 6.45) is 2.48. The molecule has 0 aliphatic carbocycles. The zero-order chi connectivity index (χ0) is 10.7. The molecule has 0 atom stereocenters. The fraction of sp³-hybridized carbons (Fsp3) is 0.167. The molecule has 0 spiro atoms. The van der Waals surface area contributed by atoms with E-state index in [1.54, 1.807) is 6.20 Å².